The second kappa shape index (κ2) is 8.84. The summed E-state index contributed by atoms with van der Waals surface area (Å²) in [5.74, 6) is -1.67. The molecule has 0 aliphatic heterocycles. The van der Waals surface area contributed by atoms with Crippen molar-refractivity contribution in [3.8, 4) is 0 Å². The summed E-state index contributed by atoms with van der Waals surface area (Å²) >= 11 is 0. The zero-order valence-corrected chi connectivity index (χ0v) is 11.0. The molecule has 1 amide bonds. The van der Waals surface area contributed by atoms with Gasteiger partial charge in [0.15, 0.2) is 5.54 Å². The van der Waals surface area contributed by atoms with Gasteiger partial charge >= 0.3 is 5.97 Å². The van der Waals surface area contributed by atoms with Crippen LogP contribution in [0.1, 0.15) is 13.8 Å². The van der Waals surface area contributed by atoms with Gasteiger partial charge in [0, 0.05) is 13.7 Å². The van der Waals surface area contributed by atoms with E-state index in [0.717, 1.165) is 0 Å². The highest BCUT2D eigenvalue weighted by molar-refractivity contribution is 5.87. The number of ether oxygens (including phenoxy) is 3. The number of methoxy groups -OCH3 is 1. The predicted octanol–water partition coefficient (Wildman–Crippen LogP) is -0.355. The second-order valence-electron chi connectivity index (χ2n) is 3.87. The fourth-order valence-corrected chi connectivity index (χ4v) is 1.21. The molecule has 0 spiro atoms. The number of carbonyl (C=O) groups is 2. The van der Waals surface area contributed by atoms with Crippen LogP contribution in [0, 0.1) is 0 Å². The molecular formula is C11H21NO6. The largest absolute Gasteiger partial charge is 0.479 e. The molecule has 0 saturated heterocycles. The number of hydrogen-bond donors (Lipinski definition) is 2. The first-order chi connectivity index (χ1) is 8.46. The summed E-state index contributed by atoms with van der Waals surface area (Å²) in [6, 6.07) is 0. The van der Waals surface area contributed by atoms with Crippen LogP contribution in [0.4, 0.5) is 0 Å². The molecule has 1 atom stereocenters. The molecule has 2 N–H and O–H groups in total. The lowest BCUT2D eigenvalue weighted by Gasteiger charge is -2.25. The van der Waals surface area contributed by atoms with E-state index in [-0.39, 0.29) is 19.8 Å². The van der Waals surface area contributed by atoms with Crippen molar-refractivity contribution < 1.29 is 28.9 Å². The summed E-state index contributed by atoms with van der Waals surface area (Å²) < 4.78 is 14.8. The Morgan fingerprint density at radius 1 is 1.28 bits per heavy atom. The molecule has 7 heteroatoms. The maximum atomic E-state index is 11.5. The first-order valence-corrected chi connectivity index (χ1v) is 5.65. The minimum Gasteiger partial charge on any atom is -0.479 e. The zero-order valence-electron chi connectivity index (χ0n) is 11.0. The molecule has 0 aliphatic carbocycles. The van der Waals surface area contributed by atoms with Gasteiger partial charge in [-0.3, -0.25) is 4.79 Å². The van der Waals surface area contributed by atoms with Crippen LogP contribution in [0.3, 0.4) is 0 Å². The third-order valence-electron chi connectivity index (χ3n) is 2.13. The highest BCUT2D eigenvalue weighted by Crippen LogP contribution is 2.04. The molecule has 1 unspecified atom stereocenters. The van der Waals surface area contributed by atoms with Crippen LogP contribution in [0.25, 0.3) is 0 Å². The SMILES string of the molecule is CCOCCOCC(=O)NC(C)(COC)C(=O)O. The zero-order chi connectivity index (χ0) is 14.0. The van der Waals surface area contributed by atoms with Gasteiger partial charge in [-0.05, 0) is 13.8 Å². The number of carbonyl (C=O) groups excluding carboxylic acids is 1. The Morgan fingerprint density at radius 2 is 1.89 bits per heavy atom. The van der Waals surface area contributed by atoms with Crippen molar-refractivity contribution in [3.63, 3.8) is 0 Å². The average molecular weight is 263 g/mol. The van der Waals surface area contributed by atoms with Crippen LogP contribution >= 0.6 is 0 Å². The van der Waals surface area contributed by atoms with E-state index in [9.17, 15) is 9.59 Å². The molecule has 0 radical (unpaired) electrons. The van der Waals surface area contributed by atoms with Crippen LogP contribution in [0.15, 0.2) is 0 Å². The van der Waals surface area contributed by atoms with Crippen molar-refractivity contribution in [2.45, 2.75) is 19.4 Å². The predicted molar refractivity (Wildman–Crippen MR) is 63.4 cm³/mol. The third kappa shape index (κ3) is 6.53. The highest BCUT2D eigenvalue weighted by Gasteiger charge is 2.34. The Hall–Kier alpha value is -1.18. The summed E-state index contributed by atoms with van der Waals surface area (Å²) in [4.78, 5) is 22.5. The third-order valence-corrected chi connectivity index (χ3v) is 2.13. The normalized spacial score (nSPS) is 13.9. The highest BCUT2D eigenvalue weighted by atomic mass is 16.5. The lowest BCUT2D eigenvalue weighted by molar-refractivity contribution is -0.150. The van der Waals surface area contributed by atoms with E-state index in [1.54, 1.807) is 0 Å². The van der Waals surface area contributed by atoms with E-state index in [4.69, 9.17) is 19.3 Å². The number of rotatable bonds is 10. The topological polar surface area (TPSA) is 94.1 Å². The van der Waals surface area contributed by atoms with Gasteiger partial charge < -0.3 is 24.6 Å². The van der Waals surface area contributed by atoms with Crippen molar-refractivity contribution in [1.82, 2.24) is 5.32 Å². The van der Waals surface area contributed by atoms with E-state index in [1.165, 1.54) is 14.0 Å². The first-order valence-electron chi connectivity index (χ1n) is 5.65. The monoisotopic (exact) mass is 263 g/mol. The summed E-state index contributed by atoms with van der Waals surface area (Å²) in [6.45, 7) is 4.17. The van der Waals surface area contributed by atoms with Gasteiger partial charge in [-0.15, -0.1) is 0 Å². The number of amides is 1. The summed E-state index contributed by atoms with van der Waals surface area (Å²) in [7, 11) is 1.37. The van der Waals surface area contributed by atoms with Crippen LogP contribution in [0.2, 0.25) is 0 Å². The van der Waals surface area contributed by atoms with E-state index in [2.05, 4.69) is 5.32 Å². The Balaban J connectivity index is 4.00. The minimum absolute atomic E-state index is 0.118. The number of carboxylic acid groups (broad SMARTS) is 1. The van der Waals surface area contributed by atoms with Gasteiger partial charge in [-0.2, -0.15) is 0 Å². The van der Waals surface area contributed by atoms with Gasteiger partial charge in [-0.1, -0.05) is 0 Å². The molecule has 0 aromatic heterocycles. The van der Waals surface area contributed by atoms with E-state index < -0.39 is 17.4 Å². The van der Waals surface area contributed by atoms with E-state index >= 15 is 0 Å². The summed E-state index contributed by atoms with van der Waals surface area (Å²) in [5.41, 5.74) is -1.45. The Bertz CT molecular complexity index is 270. The van der Waals surface area contributed by atoms with Crippen molar-refractivity contribution in [3.05, 3.63) is 0 Å². The average Bonchev–Trinajstić information content (AvgIpc) is 2.28. The fraction of sp³-hybridized carbons (Fsp3) is 0.818. The number of carboxylic acids is 1. The van der Waals surface area contributed by atoms with Crippen LogP contribution in [-0.4, -0.2) is 62.7 Å². The van der Waals surface area contributed by atoms with Crippen LogP contribution in [-0.2, 0) is 23.8 Å². The Labute approximate surface area is 106 Å². The first kappa shape index (κ1) is 16.8. The van der Waals surface area contributed by atoms with Gasteiger partial charge in [-0.25, -0.2) is 4.79 Å². The summed E-state index contributed by atoms with van der Waals surface area (Å²) in [5, 5.41) is 11.4. The molecule has 0 aromatic carbocycles. The van der Waals surface area contributed by atoms with Gasteiger partial charge in [0.05, 0.1) is 19.8 Å². The lowest BCUT2D eigenvalue weighted by Crippen LogP contribution is -2.56. The molecule has 7 nitrogen and oxygen atoms in total. The standard InChI is InChI=1S/C11H21NO6/c1-4-17-5-6-18-7-9(13)12-11(2,8-16-3)10(14)15/h4-8H2,1-3H3,(H,12,13)(H,14,15). The van der Waals surface area contributed by atoms with Crippen molar-refractivity contribution in [2.24, 2.45) is 0 Å². The lowest BCUT2D eigenvalue weighted by atomic mass is 10.0. The van der Waals surface area contributed by atoms with E-state index in [0.29, 0.717) is 13.2 Å². The van der Waals surface area contributed by atoms with Crippen molar-refractivity contribution >= 4 is 11.9 Å². The van der Waals surface area contributed by atoms with Gasteiger partial charge in [0.1, 0.15) is 6.61 Å². The van der Waals surface area contributed by atoms with Crippen molar-refractivity contribution in [1.29, 1.82) is 0 Å². The molecule has 0 aliphatic rings. The van der Waals surface area contributed by atoms with Crippen LogP contribution in [0.5, 0.6) is 0 Å². The maximum Gasteiger partial charge on any atom is 0.331 e. The number of nitrogens with one attached hydrogen (secondary N) is 1. The smallest absolute Gasteiger partial charge is 0.331 e. The number of aliphatic carboxylic acids is 1. The Morgan fingerprint density at radius 3 is 2.39 bits per heavy atom. The molecule has 0 fully saturated rings. The minimum atomic E-state index is -1.45. The maximum absolute atomic E-state index is 11.5. The quantitative estimate of drug-likeness (QED) is 0.523. The van der Waals surface area contributed by atoms with Crippen molar-refractivity contribution in [2.75, 3.05) is 40.1 Å². The Kier molecular flexibility index (Phi) is 8.27. The van der Waals surface area contributed by atoms with Gasteiger partial charge in [0.2, 0.25) is 5.91 Å². The molecule has 0 bridgehead atoms. The van der Waals surface area contributed by atoms with Gasteiger partial charge in [0.25, 0.3) is 0 Å². The summed E-state index contributed by atoms with van der Waals surface area (Å²) in [6.07, 6.45) is 0. The van der Waals surface area contributed by atoms with Crippen LogP contribution < -0.4 is 5.32 Å². The molecule has 106 valence electrons. The number of hydrogen-bond acceptors (Lipinski definition) is 5. The molecule has 0 heterocycles. The molecular weight excluding hydrogens is 242 g/mol. The molecule has 0 saturated carbocycles. The molecule has 0 aromatic rings. The molecule has 0 rings (SSSR count). The second-order valence-corrected chi connectivity index (χ2v) is 3.87. The van der Waals surface area contributed by atoms with E-state index in [1.807, 2.05) is 6.92 Å². The fourth-order valence-electron chi connectivity index (χ4n) is 1.21. The molecule has 18 heavy (non-hydrogen) atoms.